The van der Waals surface area contributed by atoms with Crippen LogP contribution < -0.4 is 5.32 Å². The van der Waals surface area contributed by atoms with E-state index in [0.29, 0.717) is 16.7 Å². The number of esters is 1. The van der Waals surface area contributed by atoms with Crippen molar-refractivity contribution in [3.63, 3.8) is 0 Å². The Kier molecular flexibility index (Phi) is 7.82. The second kappa shape index (κ2) is 8.84. The van der Waals surface area contributed by atoms with Crippen molar-refractivity contribution in [3.05, 3.63) is 33.8 Å². The summed E-state index contributed by atoms with van der Waals surface area (Å²) in [6.07, 6.45) is 1.92. The second-order valence-corrected chi connectivity index (χ2v) is 5.81. The maximum absolute atomic E-state index is 12.3. The van der Waals surface area contributed by atoms with Crippen molar-refractivity contribution >= 4 is 41.6 Å². The molecule has 0 amide bonds. The van der Waals surface area contributed by atoms with Crippen molar-refractivity contribution in [2.24, 2.45) is 5.92 Å². The average molecular weight is 353 g/mol. The Labute approximate surface area is 141 Å². The van der Waals surface area contributed by atoms with E-state index in [4.69, 9.17) is 27.9 Å². The summed E-state index contributed by atoms with van der Waals surface area (Å²) in [5, 5.41) is 4.30. The van der Waals surface area contributed by atoms with Gasteiger partial charge in [0.15, 0.2) is 0 Å². The molecule has 6 heteroatoms. The van der Waals surface area contributed by atoms with Gasteiger partial charge in [-0.25, -0.2) is 0 Å². The van der Waals surface area contributed by atoms with Crippen molar-refractivity contribution in [2.45, 2.75) is 25.7 Å². The zero-order chi connectivity index (χ0) is 14.5. The molecular formula is C15H20Cl3NO2. The zero-order valence-electron chi connectivity index (χ0n) is 11.9. The van der Waals surface area contributed by atoms with E-state index in [1.54, 1.807) is 12.1 Å². The van der Waals surface area contributed by atoms with Crippen LogP contribution in [0.5, 0.6) is 0 Å². The van der Waals surface area contributed by atoms with Gasteiger partial charge in [0, 0.05) is 0 Å². The molecule has 1 atom stereocenters. The SMILES string of the molecule is CCOC(=O)C(c1ccc(Cl)c(Cl)c1)C1CCNCC1.Cl. The Bertz CT molecular complexity index is 476. The van der Waals surface area contributed by atoms with Gasteiger partial charge in [-0.3, -0.25) is 4.79 Å². The van der Waals surface area contributed by atoms with Crippen LogP contribution in [0.1, 0.15) is 31.2 Å². The topological polar surface area (TPSA) is 38.3 Å². The number of halogens is 3. The smallest absolute Gasteiger partial charge is 0.313 e. The summed E-state index contributed by atoms with van der Waals surface area (Å²) < 4.78 is 5.25. The van der Waals surface area contributed by atoms with Gasteiger partial charge in [0.25, 0.3) is 0 Å². The van der Waals surface area contributed by atoms with E-state index >= 15 is 0 Å². The number of carbonyl (C=O) groups is 1. The minimum atomic E-state index is -0.258. The maximum atomic E-state index is 12.3. The molecule has 21 heavy (non-hydrogen) atoms. The van der Waals surface area contributed by atoms with Crippen LogP contribution in [-0.2, 0) is 9.53 Å². The van der Waals surface area contributed by atoms with Gasteiger partial charge < -0.3 is 10.1 Å². The van der Waals surface area contributed by atoms with E-state index in [1.807, 2.05) is 13.0 Å². The number of hydrogen-bond acceptors (Lipinski definition) is 3. The molecule has 1 aliphatic heterocycles. The lowest BCUT2D eigenvalue weighted by Gasteiger charge is -2.29. The van der Waals surface area contributed by atoms with Crippen LogP contribution in [-0.4, -0.2) is 25.7 Å². The summed E-state index contributed by atoms with van der Waals surface area (Å²) in [5.41, 5.74) is 0.893. The minimum Gasteiger partial charge on any atom is -0.466 e. The molecule has 0 radical (unpaired) electrons. The first-order valence-corrected chi connectivity index (χ1v) is 7.71. The van der Waals surface area contributed by atoms with Crippen molar-refractivity contribution in [1.82, 2.24) is 5.32 Å². The third-order valence-corrected chi connectivity index (χ3v) is 4.44. The van der Waals surface area contributed by atoms with E-state index in [9.17, 15) is 4.79 Å². The lowest BCUT2D eigenvalue weighted by Crippen LogP contribution is -2.34. The maximum Gasteiger partial charge on any atom is 0.313 e. The van der Waals surface area contributed by atoms with E-state index in [1.165, 1.54) is 0 Å². The highest BCUT2D eigenvalue weighted by molar-refractivity contribution is 6.42. The average Bonchev–Trinajstić information content (AvgIpc) is 2.44. The standard InChI is InChI=1S/C15H19Cl2NO2.ClH/c1-2-20-15(19)14(10-5-7-18-8-6-10)11-3-4-12(16)13(17)9-11;/h3-4,9-10,14,18H,2,5-8H2,1H3;1H. The largest absolute Gasteiger partial charge is 0.466 e. The highest BCUT2D eigenvalue weighted by atomic mass is 35.5. The number of nitrogens with one attached hydrogen (secondary N) is 1. The van der Waals surface area contributed by atoms with Gasteiger partial charge in [-0.1, -0.05) is 29.3 Å². The van der Waals surface area contributed by atoms with Gasteiger partial charge in [0.1, 0.15) is 0 Å². The monoisotopic (exact) mass is 351 g/mol. The second-order valence-electron chi connectivity index (χ2n) is 4.99. The molecule has 0 aromatic heterocycles. The Balaban J connectivity index is 0.00000220. The molecule has 1 aromatic carbocycles. The number of benzene rings is 1. The third kappa shape index (κ3) is 4.75. The first-order chi connectivity index (χ1) is 9.63. The highest BCUT2D eigenvalue weighted by Gasteiger charge is 2.32. The van der Waals surface area contributed by atoms with Gasteiger partial charge >= 0.3 is 5.97 Å². The van der Waals surface area contributed by atoms with E-state index in [0.717, 1.165) is 31.5 Å². The molecule has 1 heterocycles. The number of ether oxygens (including phenoxy) is 1. The summed E-state index contributed by atoms with van der Waals surface area (Å²) in [7, 11) is 0. The quantitative estimate of drug-likeness (QED) is 0.830. The molecule has 1 N–H and O–H groups in total. The third-order valence-electron chi connectivity index (χ3n) is 3.70. The van der Waals surface area contributed by atoms with Crippen LogP contribution in [0.4, 0.5) is 0 Å². The Morgan fingerprint density at radius 3 is 2.57 bits per heavy atom. The molecule has 1 aliphatic rings. The number of hydrogen-bond donors (Lipinski definition) is 1. The fraction of sp³-hybridized carbons (Fsp3) is 0.533. The highest BCUT2D eigenvalue weighted by Crippen LogP contribution is 2.35. The van der Waals surface area contributed by atoms with Crippen LogP contribution in [0.15, 0.2) is 18.2 Å². The predicted molar refractivity (Wildman–Crippen MR) is 88.7 cm³/mol. The molecule has 0 spiro atoms. The van der Waals surface area contributed by atoms with Crippen LogP contribution in [0, 0.1) is 5.92 Å². The summed E-state index contributed by atoms with van der Waals surface area (Å²) in [5.74, 6) is -0.142. The predicted octanol–water partition coefficient (Wildman–Crippen LogP) is 4.06. The molecule has 0 bridgehead atoms. The minimum absolute atomic E-state index is 0. The fourth-order valence-electron chi connectivity index (χ4n) is 2.72. The summed E-state index contributed by atoms with van der Waals surface area (Å²) in [6, 6.07) is 5.40. The van der Waals surface area contributed by atoms with Crippen LogP contribution in [0.2, 0.25) is 10.0 Å². The van der Waals surface area contributed by atoms with Crippen LogP contribution >= 0.6 is 35.6 Å². The summed E-state index contributed by atoms with van der Waals surface area (Å²) >= 11 is 12.0. The van der Waals surface area contributed by atoms with Crippen LogP contribution in [0.3, 0.4) is 0 Å². The molecule has 1 fully saturated rings. The van der Waals surface area contributed by atoms with Crippen molar-refractivity contribution in [2.75, 3.05) is 19.7 Å². The van der Waals surface area contributed by atoms with Gasteiger partial charge in [0.2, 0.25) is 0 Å². The lowest BCUT2D eigenvalue weighted by molar-refractivity contribution is -0.146. The van der Waals surface area contributed by atoms with E-state index in [-0.39, 0.29) is 30.2 Å². The van der Waals surface area contributed by atoms with Crippen molar-refractivity contribution in [3.8, 4) is 0 Å². The molecule has 0 aliphatic carbocycles. The molecule has 1 saturated heterocycles. The summed E-state index contributed by atoms with van der Waals surface area (Å²) in [4.78, 5) is 12.3. The number of piperidine rings is 1. The van der Waals surface area contributed by atoms with E-state index < -0.39 is 0 Å². The first kappa shape index (κ1) is 18.6. The fourth-order valence-corrected chi connectivity index (χ4v) is 3.02. The van der Waals surface area contributed by atoms with Gasteiger partial charge in [0.05, 0.1) is 22.6 Å². The molecule has 2 rings (SSSR count). The van der Waals surface area contributed by atoms with Crippen molar-refractivity contribution < 1.29 is 9.53 Å². The molecule has 0 saturated carbocycles. The summed E-state index contributed by atoms with van der Waals surface area (Å²) in [6.45, 7) is 4.08. The van der Waals surface area contributed by atoms with Gasteiger partial charge in [-0.2, -0.15) is 0 Å². The van der Waals surface area contributed by atoms with E-state index in [2.05, 4.69) is 5.32 Å². The molecule has 1 unspecified atom stereocenters. The normalized spacial score (nSPS) is 16.9. The lowest BCUT2D eigenvalue weighted by atomic mass is 9.80. The Morgan fingerprint density at radius 2 is 2.00 bits per heavy atom. The molecule has 1 aromatic rings. The Hall–Kier alpha value is -0.480. The van der Waals surface area contributed by atoms with Crippen LogP contribution in [0.25, 0.3) is 0 Å². The van der Waals surface area contributed by atoms with Gasteiger partial charge in [-0.05, 0) is 56.5 Å². The van der Waals surface area contributed by atoms with Gasteiger partial charge in [-0.15, -0.1) is 12.4 Å². The number of rotatable bonds is 4. The molecular weight excluding hydrogens is 333 g/mol. The number of carbonyl (C=O) groups excluding carboxylic acids is 1. The van der Waals surface area contributed by atoms with Crippen molar-refractivity contribution in [1.29, 1.82) is 0 Å². The Morgan fingerprint density at radius 1 is 1.33 bits per heavy atom. The molecule has 3 nitrogen and oxygen atoms in total. The first-order valence-electron chi connectivity index (χ1n) is 6.95. The molecule has 118 valence electrons. The zero-order valence-corrected chi connectivity index (χ0v) is 14.2.